The number of methoxy groups -OCH3 is 1. The lowest BCUT2D eigenvalue weighted by Crippen LogP contribution is -2.38. The Morgan fingerprint density at radius 2 is 1.85 bits per heavy atom. The maximum atomic E-state index is 12.0. The van der Waals surface area contributed by atoms with Crippen molar-refractivity contribution in [2.24, 2.45) is 4.99 Å². The molecule has 0 bridgehead atoms. The highest BCUT2D eigenvalue weighted by Crippen LogP contribution is 2.11. The molecule has 2 rings (SSSR count). The van der Waals surface area contributed by atoms with Gasteiger partial charge < -0.3 is 25.1 Å². The summed E-state index contributed by atoms with van der Waals surface area (Å²) < 4.78 is 10.3. The van der Waals surface area contributed by atoms with Crippen molar-refractivity contribution in [1.82, 2.24) is 16.0 Å². The summed E-state index contributed by atoms with van der Waals surface area (Å²) in [4.78, 5) is 16.5. The minimum Gasteiger partial charge on any atom is -0.497 e. The zero-order chi connectivity index (χ0) is 19.5. The van der Waals surface area contributed by atoms with Gasteiger partial charge in [-0.15, -0.1) is 0 Å². The topological polar surface area (TPSA) is 87.9 Å². The monoisotopic (exact) mass is 372 g/mol. The van der Waals surface area contributed by atoms with Crippen molar-refractivity contribution in [1.29, 1.82) is 0 Å². The molecule has 146 valence electrons. The van der Waals surface area contributed by atoms with Crippen LogP contribution >= 0.6 is 0 Å². The van der Waals surface area contributed by atoms with Crippen LogP contribution in [0.1, 0.15) is 35.0 Å². The average Bonchev–Trinajstić information content (AvgIpc) is 3.12. The Morgan fingerprint density at radius 1 is 1.11 bits per heavy atom. The van der Waals surface area contributed by atoms with E-state index in [0.29, 0.717) is 25.4 Å². The third kappa shape index (κ3) is 6.69. The fourth-order valence-electron chi connectivity index (χ4n) is 2.43. The number of aryl methyl sites for hydroxylation is 1. The van der Waals surface area contributed by atoms with Crippen molar-refractivity contribution in [2.75, 3.05) is 26.7 Å². The zero-order valence-electron chi connectivity index (χ0n) is 16.2. The van der Waals surface area contributed by atoms with Crippen LogP contribution in [0.15, 0.2) is 46.0 Å². The maximum Gasteiger partial charge on any atom is 0.287 e. The van der Waals surface area contributed by atoms with E-state index in [-0.39, 0.29) is 5.91 Å². The van der Waals surface area contributed by atoms with Crippen molar-refractivity contribution in [3.63, 3.8) is 0 Å². The Morgan fingerprint density at radius 3 is 2.48 bits per heavy atom. The second kappa shape index (κ2) is 10.9. The van der Waals surface area contributed by atoms with E-state index < -0.39 is 0 Å². The molecular formula is C20H28N4O3. The Balaban J connectivity index is 1.73. The molecule has 0 aliphatic rings. The standard InChI is InChI=1S/C20H28N4O3/c1-4-21-20(24-14-16-6-8-17(26-3)9-7-16)23-12-5-11-22-19(25)18-15(2)10-13-27-18/h6-10,13H,4-5,11-12,14H2,1-3H3,(H,22,25)(H2,21,23,24). The number of amides is 1. The van der Waals surface area contributed by atoms with Gasteiger partial charge in [-0.25, -0.2) is 4.99 Å². The number of furan rings is 1. The zero-order valence-corrected chi connectivity index (χ0v) is 16.2. The highest BCUT2D eigenvalue weighted by Gasteiger charge is 2.11. The number of ether oxygens (including phenoxy) is 1. The molecule has 1 amide bonds. The highest BCUT2D eigenvalue weighted by molar-refractivity contribution is 5.92. The first-order chi connectivity index (χ1) is 13.1. The molecule has 7 heteroatoms. The quantitative estimate of drug-likeness (QED) is 0.358. The summed E-state index contributed by atoms with van der Waals surface area (Å²) in [6.07, 6.45) is 2.30. The molecule has 0 radical (unpaired) electrons. The minimum absolute atomic E-state index is 0.183. The Labute approximate surface area is 160 Å². The number of hydrogen-bond acceptors (Lipinski definition) is 4. The van der Waals surface area contributed by atoms with E-state index in [4.69, 9.17) is 9.15 Å². The Bertz CT molecular complexity index is 738. The number of benzene rings is 1. The van der Waals surface area contributed by atoms with Crippen molar-refractivity contribution in [2.45, 2.75) is 26.8 Å². The summed E-state index contributed by atoms with van der Waals surface area (Å²) in [5.74, 6) is 1.77. The molecule has 0 aliphatic heterocycles. The minimum atomic E-state index is -0.183. The lowest BCUT2D eigenvalue weighted by molar-refractivity contribution is 0.0925. The van der Waals surface area contributed by atoms with E-state index in [1.54, 1.807) is 13.2 Å². The molecule has 27 heavy (non-hydrogen) atoms. The molecule has 2 aromatic rings. The molecule has 0 unspecified atom stereocenters. The predicted octanol–water partition coefficient (Wildman–Crippen LogP) is 2.47. The third-order valence-corrected chi connectivity index (χ3v) is 3.92. The number of nitrogens with one attached hydrogen (secondary N) is 3. The summed E-state index contributed by atoms with van der Waals surface area (Å²) in [7, 11) is 1.65. The van der Waals surface area contributed by atoms with Gasteiger partial charge in [0.2, 0.25) is 0 Å². The number of carbonyl (C=O) groups excluding carboxylic acids is 1. The van der Waals surface area contributed by atoms with E-state index in [0.717, 1.165) is 35.8 Å². The lowest BCUT2D eigenvalue weighted by atomic mass is 10.2. The van der Waals surface area contributed by atoms with E-state index in [9.17, 15) is 4.79 Å². The van der Waals surface area contributed by atoms with Crippen molar-refractivity contribution >= 4 is 11.9 Å². The molecule has 0 aliphatic carbocycles. The number of hydrogen-bond donors (Lipinski definition) is 3. The van der Waals surface area contributed by atoms with Crippen LogP contribution in [0.3, 0.4) is 0 Å². The van der Waals surface area contributed by atoms with Crippen LogP contribution in [0.5, 0.6) is 5.75 Å². The molecule has 0 spiro atoms. The molecule has 0 saturated carbocycles. The largest absolute Gasteiger partial charge is 0.497 e. The van der Waals surface area contributed by atoms with Crippen LogP contribution in [0.2, 0.25) is 0 Å². The van der Waals surface area contributed by atoms with Gasteiger partial charge >= 0.3 is 0 Å². The summed E-state index contributed by atoms with van der Waals surface area (Å²) in [6.45, 7) is 6.49. The number of nitrogens with zero attached hydrogens (tertiary/aromatic N) is 1. The van der Waals surface area contributed by atoms with Gasteiger partial charge in [-0.3, -0.25) is 4.79 Å². The van der Waals surface area contributed by atoms with Gasteiger partial charge in [0.15, 0.2) is 11.7 Å². The SMILES string of the molecule is CCNC(=NCc1ccc(OC)cc1)NCCCNC(=O)c1occc1C. The van der Waals surface area contributed by atoms with Crippen molar-refractivity contribution in [3.05, 3.63) is 53.5 Å². The van der Waals surface area contributed by atoms with Crippen LogP contribution in [0, 0.1) is 6.92 Å². The fraction of sp³-hybridized carbons (Fsp3) is 0.400. The van der Waals surface area contributed by atoms with Crippen molar-refractivity contribution in [3.8, 4) is 5.75 Å². The maximum absolute atomic E-state index is 12.0. The molecule has 1 aromatic heterocycles. The summed E-state index contributed by atoms with van der Waals surface area (Å²) in [5.41, 5.74) is 1.94. The van der Waals surface area contributed by atoms with E-state index in [2.05, 4.69) is 20.9 Å². The molecular weight excluding hydrogens is 344 g/mol. The van der Waals surface area contributed by atoms with Gasteiger partial charge in [0.25, 0.3) is 5.91 Å². The molecule has 0 saturated heterocycles. The Hall–Kier alpha value is -2.96. The predicted molar refractivity (Wildman–Crippen MR) is 106 cm³/mol. The average molecular weight is 372 g/mol. The van der Waals surface area contributed by atoms with E-state index >= 15 is 0 Å². The fourth-order valence-corrected chi connectivity index (χ4v) is 2.43. The summed E-state index contributed by atoms with van der Waals surface area (Å²) in [6, 6.07) is 9.62. The normalized spacial score (nSPS) is 11.1. The van der Waals surface area contributed by atoms with Gasteiger partial charge in [0.05, 0.1) is 19.9 Å². The van der Waals surface area contributed by atoms with E-state index in [1.165, 1.54) is 6.26 Å². The van der Waals surface area contributed by atoms with Crippen LogP contribution in [0.25, 0.3) is 0 Å². The van der Waals surface area contributed by atoms with Gasteiger partial charge in [-0.2, -0.15) is 0 Å². The van der Waals surface area contributed by atoms with Gasteiger partial charge in [0, 0.05) is 25.2 Å². The second-order valence-corrected chi connectivity index (χ2v) is 6.01. The number of guanidine groups is 1. The molecule has 0 atom stereocenters. The smallest absolute Gasteiger partial charge is 0.287 e. The highest BCUT2D eigenvalue weighted by atomic mass is 16.5. The molecule has 1 aromatic carbocycles. The molecule has 7 nitrogen and oxygen atoms in total. The number of rotatable bonds is 9. The third-order valence-electron chi connectivity index (χ3n) is 3.92. The van der Waals surface area contributed by atoms with Gasteiger partial charge in [-0.05, 0) is 44.0 Å². The summed E-state index contributed by atoms with van der Waals surface area (Å²) in [5, 5.41) is 9.35. The molecule has 1 heterocycles. The van der Waals surface area contributed by atoms with E-state index in [1.807, 2.05) is 38.1 Å². The number of carbonyl (C=O) groups is 1. The van der Waals surface area contributed by atoms with Gasteiger partial charge in [-0.1, -0.05) is 12.1 Å². The van der Waals surface area contributed by atoms with Crippen LogP contribution in [0.4, 0.5) is 0 Å². The van der Waals surface area contributed by atoms with Crippen LogP contribution in [-0.2, 0) is 6.54 Å². The first kappa shape index (κ1) is 20.4. The Kier molecular flexibility index (Phi) is 8.22. The second-order valence-electron chi connectivity index (χ2n) is 6.01. The van der Waals surface area contributed by atoms with Crippen molar-refractivity contribution < 1.29 is 13.9 Å². The lowest BCUT2D eigenvalue weighted by Gasteiger charge is -2.11. The summed E-state index contributed by atoms with van der Waals surface area (Å²) >= 11 is 0. The first-order valence-corrected chi connectivity index (χ1v) is 9.11. The molecule has 3 N–H and O–H groups in total. The molecule has 0 fully saturated rings. The van der Waals surface area contributed by atoms with Crippen LogP contribution in [-0.4, -0.2) is 38.6 Å². The first-order valence-electron chi connectivity index (χ1n) is 9.11. The number of aliphatic imine (C=N–C) groups is 1. The van der Waals surface area contributed by atoms with Gasteiger partial charge in [0.1, 0.15) is 5.75 Å². The van der Waals surface area contributed by atoms with Crippen LogP contribution < -0.4 is 20.7 Å².